The molecule has 0 aromatic heterocycles. The van der Waals surface area contributed by atoms with Gasteiger partial charge >= 0.3 is 18.0 Å². The van der Waals surface area contributed by atoms with Crippen LogP contribution in [0.5, 0.6) is 0 Å². The Balaban J connectivity index is 1.61. The van der Waals surface area contributed by atoms with Gasteiger partial charge in [0.2, 0.25) is 0 Å². The lowest BCUT2D eigenvalue weighted by Crippen LogP contribution is -2.61. The van der Waals surface area contributed by atoms with Crippen LogP contribution in [0.25, 0.3) is 11.1 Å². The van der Waals surface area contributed by atoms with Crippen molar-refractivity contribution >= 4 is 18.0 Å². The zero-order valence-electron chi connectivity index (χ0n) is 28.9. The van der Waals surface area contributed by atoms with Crippen LogP contribution < -0.4 is 5.32 Å². The summed E-state index contributed by atoms with van der Waals surface area (Å²) < 4.78 is 11.7. The molecule has 0 bridgehead atoms. The minimum Gasteiger partial charge on any atom is -0.479 e. The van der Waals surface area contributed by atoms with Gasteiger partial charge in [-0.2, -0.15) is 0 Å². The van der Waals surface area contributed by atoms with Crippen molar-refractivity contribution in [3.63, 3.8) is 0 Å². The van der Waals surface area contributed by atoms with Crippen molar-refractivity contribution in [1.82, 2.24) is 10.2 Å². The molecular formula is C41H48N2O6. The fraction of sp³-hybridized carbons (Fsp3) is 0.341. The van der Waals surface area contributed by atoms with Crippen LogP contribution in [0.15, 0.2) is 115 Å². The van der Waals surface area contributed by atoms with Crippen LogP contribution in [0, 0.1) is 11.8 Å². The van der Waals surface area contributed by atoms with E-state index < -0.39 is 29.6 Å². The highest BCUT2D eigenvalue weighted by Crippen LogP contribution is 2.25. The topological polar surface area (TPSA) is 105 Å². The zero-order valence-corrected chi connectivity index (χ0v) is 28.9. The van der Waals surface area contributed by atoms with Gasteiger partial charge < -0.3 is 24.8 Å². The largest absolute Gasteiger partial charge is 0.479 e. The molecule has 4 rings (SSSR count). The predicted molar refractivity (Wildman–Crippen MR) is 192 cm³/mol. The lowest BCUT2D eigenvalue weighted by Gasteiger charge is -2.35. The molecule has 0 radical (unpaired) electrons. The van der Waals surface area contributed by atoms with Crippen molar-refractivity contribution < 1.29 is 29.0 Å². The summed E-state index contributed by atoms with van der Waals surface area (Å²) in [7, 11) is 0. The molecule has 0 aliphatic rings. The van der Waals surface area contributed by atoms with E-state index in [1.54, 1.807) is 0 Å². The summed E-state index contributed by atoms with van der Waals surface area (Å²) in [6.07, 6.45) is -0.966. The molecule has 2 amide bonds. The number of carboxylic acids is 1. The number of carbonyl (C=O) groups is 3. The first-order valence-corrected chi connectivity index (χ1v) is 16.9. The first-order chi connectivity index (χ1) is 23.5. The number of hydrogen-bond acceptors (Lipinski definition) is 5. The van der Waals surface area contributed by atoms with Gasteiger partial charge in [-0.05, 0) is 39.7 Å². The third-order valence-electron chi connectivity index (χ3n) is 8.05. The van der Waals surface area contributed by atoms with E-state index in [-0.39, 0.29) is 51.0 Å². The maximum atomic E-state index is 14.2. The second-order valence-corrected chi connectivity index (χ2v) is 13.3. The second kappa shape index (κ2) is 18.0. The van der Waals surface area contributed by atoms with E-state index in [0.29, 0.717) is 0 Å². The Morgan fingerprint density at radius 3 is 1.71 bits per heavy atom. The molecule has 2 atom stereocenters. The summed E-state index contributed by atoms with van der Waals surface area (Å²) in [5.74, 6) is -1.58. The van der Waals surface area contributed by atoms with Gasteiger partial charge in [0.05, 0.1) is 13.2 Å². The van der Waals surface area contributed by atoms with Crippen LogP contribution in [-0.4, -0.2) is 59.3 Å². The van der Waals surface area contributed by atoms with E-state index in [2.05, 4.69) is 5.32 Å². The molecule has 8 nitrogen and oxygen atoms in total. The summed E-state index contributed by atoms with van der Waals surface area (Å²) in [6.45, 7) is 8.39. The fourth-order valence-corrected chi connectivity index (χ4v) is 5.58. The number of carbonyl (C=O) groups excluding carboxylic acids is 2. The van der Waals surface area contributed by atoms with Crippen LogP contribution >= 0.6 is 0 Å². The summed E-state index contributed by atoms with van der Waals surface area (Å²) in [6, 6.07) is 35.7. The Bertz CT molecular complexity index is 1610. The highest BCUT2D eigenvalue weighted by molar-refractivity contribution is 5.87. The number of amides is 2. The van der Waals surface area contributed by atoms with Crippen molar-refractivity contribution in [2.45, 2.75) is 58.8 Å². The molecule has 0 fully saturated rings. The van der Waals surface area contributed by atoms with Gasteiger partial charge in [0.25, 0.3) is 0 Å². The van der Waals surface area contributed by atoms with Crippen molar-refractivity contribution in [3.05, 3.63) is 132 Å². The standard InChI is InChI=1S/C41H48N2O6/c1-30(2)26-43(27-37(48-28-31(3)4)38(44)49-29-34-16-10-6-11-17-34)40(47)42-41(39(45)46,24-32-14-8-5-9-15-32)25-33-20-22-36(23-21-33)35-18-12-7-13-19-35/h5-23,30-31,37H,24-29H2,1-4H3,(H,42,47)(H,45,46)/t37?,41-/m0/s1. The molecule has 0 heterocycles. The lowest BCUT2D eigenvalue weighted by molar-refractivity contribution is -0.160. The summed E-state index contributed by atoms with van der Waals surface area (Å²) in [5.41, 5.74) is 2.73. The van der Waals surface area contributed by atoms with E-state index in [1.807, 2.05) is 143 Å². The van der Waals surface area contributed by atoms with Gasteiger partial charge in [0, 0.05) is 19.4 Å². The molecule has 8 heteroatoms. The van der Waals surface area contributed by atoms with E-state index in [9.17, 15) is 19.5 Å². The normalized spacial score (nSPS) is 13.0. The smallest absolute Gasteiger partial charge is 0.337 e. The maximum absolute atomic E-state index is 14.2. The number of nitrogens with zero attached hydrogens (tertiary/aromatic N) is 1. The number of carboxylic acid groups (broad SMARTS) is 1. The number of ether oxygens (including phenoxy) is 2. The Labute approximate surface area is 290 Å². The van der Waals surface area contributed by atoms with Crippen LogP contribution in [-0.2, 0) is 38.5 Å². The zero-order chi connectivity index (χ0) is 35.2. The summed E-state index contributed by atoms with van der Waals surface area (Å²) >= 11 is 0. The number of benzene rings is 4. The van der Waals surface area contributed by atoms with Gasteiger partial charge in [-0.25, -0.2) is 14.4 Å². The number of esters is 1. The Hall–Kier alpha value is -4.95. The Morgan fingerprint density at radius 2 is 1.18 bits per heavy atom. The van der Waals surface area contributed by atoms with E-state index in [0.717, 1.165) is 27.8 Å². The quantitative estimate of drug-likeness (QED) is 0.114. The molecule has 4 aromatic rings. The highest BCUT2D eigenvalue weighted by atomic mass is 16.6. The molecular weight excluding hydrogens is 616 g/mol. The average molecular weight is 665 g/mol. The summed E-state index contributed by atoms with van der Waals surface area (Å²) in [4.78, 5) is 42.4. The Kier molecular flexibility index (Phi) is 13.5. The van der Waals surface area contributed by atoms with Crippen LogP contribution in [0.3, 0.4) is 0 Å². The van der Waals surface area contributed by atoms with Gasteiger partial charge in [-0.1, -0.05) is 143 Å². The Morgan fingerprint density at radius 1 is 0.673 bits per heavy atom. The molecule has 258 valence electrons. The minimum atomic E-state index is -1.69. The SMILES string of the molecule is CC(C)COC(CN(CC(C)C)C(=O)N[C@@](Cc1ccccc1)(Cc1ccc(-c2ccccc2)cc1)C(=O)O)C(=O)OCc1ccccc1. The minimum absolute atomic E-state index is 0.0238. The highest BCUT2D eigenvalue weighted by Gasteiger charge is 2.42. The van der Waals surface area contributed by atoms with Crippen LogP contribution in [0.4, 0.5) is 4.79 Å². The van der Waals surface area contributed by atoms with Gasteiger partial charge in [0.1, 0.15) is 12.1 Å². The number of rotatable bonds is 17. The number of urea groups is 1. The molecule has 0 spiro atoms. The summed E-state index contributed by atoms with van der Waals surface area (Å²) in [5, 5.41) is 13.8. The lowest BCUT2D eigenvalue weighted by atomic mass is 9.84. The molecule has 0 aliphatic carbocycles. The molecule has 49 heavy (non-hydrogen) atoms. The number of nitrogens with one attached hydrogen (secondary N) is 1. The molecule has 1 unspecified atom stereocenters. The van der Waals surface area contributed by atoms with Gasteiger partial charge in [-0.15, -0.1) is 0 Å². The monoisotopic (exact) mass is 664 g/mol. The van der Waals surface area contributed by atoms with Crippen LogP contribution in [0.1, 0.15) is 44.4 Å². The first kappa shape index (κ1) is 36.9. The van der Waals surface area contributed by atoms with Crippen LogP contribution in [0.2, 0.25) is 0 Å². The third-order valence-corrected chi connectivity index (χ3v) is 8.05. The van der Waals surface area contributed by atoms with E-state index >= 15 is 0 Å². The first-order valence-electron chi connectivity index (χ1n) is 16.9. The fourth-order valence-electron chi connectivity index (χ4n) is 5.58. The van der Waals surface area contributed by atoms with Crippen molar-refractivity contribution in [1.29, 1.82) is 0 Å². The van der Waals surface area contributed by atoms with Crippen molar-refractivity contribution in [2.24, 2.45) is 11.8 Å². The number of aliphatic carboxylic acids is 1. The average Bonchev–Trinajstić information content (AvgIpc) is 3.09. The van der Waals surface area contributed by atoms with E-state index in [4.69, 9.17) is 9.47 Å². The van der Waals surface area contributed by atoms with Gasteiger partial charge in [-0.3, -0.25) is 0 Å². The molecule has 0 aliphatic heterocycles. The second-order valence-electron chi connectivity index (χ2n) is 13.3. The predicted octanol–water partition coefficient (Wildman–Crippen LogP) is 7.41. The molecule has 2 N–H and O–H groups in total. The molecule has 0 saturated heterocycles. The van der Waals surface area contributed by atoms with Crippen molar-refractivity contribution in [3.8, 4) is 11.1 Å². The maximum Gasteiger partial charge on any atom is 0.337 e. The molecule has 4 aromatic carbocycles. The van der Waals surface area contributed by atoms with Gasteiger partial charge in [0.15, 0.2) is 6.10 Å². The van der Waals surface area contributed by atoms with E-state index in [1.165, 1.54) is 4.90 Å². The van der Waals surface area contributed by atoms with Crippen molar-refractivity contribution in [2.75, 3.05) is 19.7 Å². The number of hydrogen-bond donors (Lipinski definition) is 2. The third kappa shape index (κ3) is 11.3. The molecule has 0 saturated carbocycles.